The number of benzene rings is 1. The smallest absolute Gasteiger partial charge is 0.407 e. The highest BCUT2D eigenvalue weighted by molar-refractivity contribution is 5.77. The second-order valence-electron chi connectivity index (χ2n) is 7.05. The fraction of sp³-hybridized carbons (Fsp3) is 0.579. The van der Waals surface area contributed by atoms with Gasteiger partial charge in [0.25, 0.3) is 0 Å². The molecule has 148 valence electrons. The van der Waals surface area contributed by atoms with Crippen LogP contribution in [0.25, 0.3) is 0 Å². The highest BCUT2D eigenvalue weighted by atomic mass is 16.8. The molecule has 0 radical (unpaired) electrons. The Morgan fingerprint density at radius 3 is 2.41 bits per heavy atom. The summed E-state index contributed by atoms with van der Waals surface area (Å²) in [6, 6.07) is 8.61. The number of carbonyl (C=O) groups excluding carboxylic acids is 2. The first-order valence-electron chi connectivity index (χ1n) is 8.80. The van der Waals surface area contributed by atoms with Gasteiger partial charge in [0.15, 0.2) is 5.79 Å². The summed E-state index contributed by atoms with van der Waals surface area (Å²) in [4.78, 5) is 24.7. The van der Waals surface area contributed by atoms with Crippen LogP contribution in [0.4, 0.5) is 4.79 Å². The Labute approximate surface area is 158 Å². The lowest BCUT2D eigenvalue weighted by Gasteiger charge is -2.28. The number of fused-ring (bicyclic) bond motifs is 1. The number of carbonyl (C=O) groups is 2. The number of hydrogen-bond donors (Lipinski definition) is 1. The van der Waals surface area contributed by atoms with Gasteiger partial charge in [0, 0.05) is 7.11 Å². The molecule has 1 N–H and O–H groups in total. The third-order valence-electron chi connectivity index (χ3n) is 4.82. The van der Waals surface area contributed by atoms with E-state index in [1.807, 2.05) is 30.3 Å². The Morgan fingerprint density at radius 2 is 1.78 bits per heavy atom. The molecule has 0 unspecified atom stereocenters. The van der Waals surface area contributed by atoms with Crippen molar-refractivity contribution in [1.82, 2.24) is 5.32 Å². The number of hydrogen-bond acceptors (Lipinski definition) is 7. The summed E-state index contributed by atoms with van der Waals surface area (Å²) in [5, 5.41) is 2.72. The van der Waals surface area contributed by atoms with E-state index in [1.54, 1.807) is 13.8 Å². The molecule has 1 aromatic carbocycles. The Morgan fingerprint density at radius 1 is 1.11 bits per heavy atom. The number of methoxy groups -OCH3 is 2. The first-order chi connectivity index (χ1) is 12.9. The number of rotatable bonds is 5. The zero-order valence-electron chi connectivity index (χ0n) is 15.8. The molecular formula is C19H25NO7. The molecule has 2 fully saturated rings. The van der Waals surface area contributed by atoms with Crippen molar-refractivity contribution in [2.45, 2.75) is 50.6 Å². The molecule has 0 spiro atoms. The van der Waals surface area contributed by atoms with Crippen molar-refractivity contribution in [1.29, 1.82) is 0 Å². The average Bonchev–Trinajstić information content (AvgIpc) is 3.09. The molecule has 1 heterocycles. The predicted molar refractivity (Wildman–Crippen MR) is 93.7 cm³/mol. The maximum absolute atomic E-state index is 12.4. The summed E-state index contributed by atoms with van der Waals surface area (Å²) in [6.07, 6.45) is -2.32. The van der Waals surface area contributed by atoms with Gasteiger partial charge in [-0.05, 0) is 19.4 Å². The molecule has 2 aliphatic rings. The van der Waals surface area contributed by atoms with E-state index >= 15 is 0 Å². The molecule has 8 nitrogen and oxygen atoms in total. The van der Waals surface area contributed by atoms with Crippen LogP contribution >= 0.6 is 0 Å². The lowest BCUT2D eigenvalue weighted by Crippen LogP contribution is -2.50. The zero-order chi connectivity index (χ0) is 19.6. The van der Waals surface area contributed by atoms with E-state index in [0.29, 0.717) is 0 Å². The average molecular weight is 379 g/mol. The fourth-order valence-electron chi connectivity index (χ4n) is 3.73. The summed E-state index contributed by atoms with van der Waals surface area (Å²) in [7, 11) is 2.79. The molecule has 8 heteroatoms. The van der Waals surface area contributed by atoms with E-state index in [0.717, 1.165) is 5.56 Å². The van der Waals surface area contributed by atoms with Gasteiger partial charge in [-0.3, -0.25) is 4.79 Å². The van der Waals surface area contributed by atoms with Gasteiger partial charge in [-0.25, -0.2) is 4.79 Å². The molecule has 1 amide bonds. The third-order valence-corrected chi connectivity index (χ3v) is 4.82. The number of amides is 1. The topological polar surface area (TPSA) is 92.3 Å². The molecule has 1 aliphatic heterocycles. The minimum atomic E-state index is -0.850. The van der Waals surface area contributed by atoms with Crippen LogP contribution in [0.15, 0.2) is 30.3 Å². The van der Waals surface area contributed by atoms with Crippen molar-refractivity contribution in [3.63, 3.8) is 0 Å². The minimum absolute atomic E-state index is 0.118. The van der Waals surface area contributed by atoms with Crippen LogP contribution in [0.2, 0.25) is 0 Å². The van der Waals surface area contributed by atoms with Gasteiger partial charge >= 0.3 is 12.1 Å². The van der Waals surface area contributed by atoms with Crippen molar-refractivity contribution >= 4 is 12.1 Å². The molecular weight excluding hydrogens is 354 g/mol. The van der Waals surface area contributed by atoms with Crippen LogP contribution in [0.1, 0.15) is 19.4 Å². The first kappa shape index (κ1) is 19.6. The summed E-state index contributed by atoms with van der Waals surface area (Å²) in [5.74, 6) is -2.12. The van der Waals surface area contributed by atoms with Crippen molar-refractivity contribution in [3.05, 3.63) is 35.9 Å². The Balaban J connectivity index is 1.71. The molecule has 3 rings (SSSR count). The van der Waals surface area contributed by atoms with Gasteiger partial charge in [0.2, 0.25) is 0 Å². The quantitative estimate of drug-likeness (QED) is 0.777. The van der Waals surface area contributed by atoms with E-state index < -0.39 is 48.1 Å². The molecule has 0 aromatic heterocycles. The Hall–Kier alpha value is -2.16. The number of alkyl carbamates (subject to hydrolysis) is 1. The highest BCUT2D eigenvalue weighted by Crippen LogP contribution is 2.43. The van der Waals surface area contributed by atoms with E-state index in [9.17, 15) is 9.59 Å². The van der Waals surface area contributed by atoms with Crippen LogP contribution in [0, 0.1) is 5.92 Å². The first-order valence-corrected chi connectivity index (χ1v) is 8.80. The summed E-state index contributed by atoms with van der Waals surface area (Å²) < 4.78 is 27.5. The lowest BCUT2D eigenvalue weighted by molar-refractivity contribution is -0.178. The SMILES string of the molecule is COC(=O)[C@H]1[C@H](NC(=O)OCc2ccccc2)[C@@H](OC)[C@@H]2OC(C)(C)O[C@@H]21. The number of ether oxygens (including phenoxy) is 5. The maximum Gasteiger partial charge on any atom is 0.407 e. The van der Waals surface area contributed by atoms with Crippen molar-refractivity contribution in [3.8, 4) is 0 Å². The van der Waals surface area contributed by atoms with E-state index in [4.69, 9.17) is 23.7 Å². The van der Waals surface area contributed by atoms with Crippen LogP contribution in [-0.2, 0) is 35.1 Å². The van der Waals surface area contributed by atoms with Crippen LogP contribution in [0.3, 0.4) is 0 Å². The van der Waals surface area contributed by atoms with Gasteiger partial charge in [0.05, 0.1) is 13.2 Å². The second kappa shape index (κ2) is 7.84. The lowest BCUT2D eigenvalue weighted by atomic mass is 10.0. The highest BCUT2D eigenvalue weighted by Gasteiger charge is 2.62. The minimum Gasteiger partial charge on any atom is -0.469 e. The number of esters is 1. The normalized spacial score (nSPS) is 31.2. The third kappa shape index (κ3) is 4.07. The van der Waals surface area contributed by atoms with Gasteiger partial charge in [-0.15, -0.1) is 0 Å². The largest absolute Gasteiger partial charge is 0.469 e. The second-order valence-corrected chi connectivity index (χ2v) is 7.05. The van der Waals surface area contributed by atoms with Crippen LogP contribution < -0.4 is 5.32 Å². The van der Waals surface area contributed by atoms with E-state index in [2.05, 4.69) is 5.32 Å². The Bertz CT molecular complexity index is 678. The summed E-state index contributed by atoms with van der Waals surface area (Å²) in [5.41, 5.74) is 0.858. The predicted octanol–water partition coefficient (Wildman–Crippen LogP) is 1.62. The molecule has 5 atom stereocenters. The van der Waals surface area contributed by atoms with Crippen molar-refractivity contribution in [2.24, 2.45) is 5.92 Å². The van der Waals surface area contributed by atoms with Crippen molar-refractivity contribution < 1.29 is 33.3 Å². The van der Waals surface area contributed by atoms with Gasteiger partial charge < -0.3 is 29.0 Å². The summed E-state index contributed by atoms with van der Waals surface area (Å²) in [6.45, 7) is 3.65. The molecule has 27 heavy (non-hydrogen) atoms. The van der Waals surface area contributed by atoms with Gasteiger partial charge in [-0.1, -0.05) is 30.3 Å². The number of nitrogens with one attached hydrogen (secondary N) is 1. The molecule has 1 saturated carbocycles. The van der Waals surface area contributed by atoms with Crippen molar-refractivity contribution in [2.75, 3.05) is 14.2 Å². The van der Waals surface area contributed by atoms with Gasteiger partial charge in [-0.2, -0.15) is 0 Å². The molecule has 0 bridgehead atoms. The Kier molecular flexibility index (Phi) is 5.69. The van der Waals surface area contributed by atoms with Crippen LogP contribution in [0.5, 0.6) is 0 Å². The van der Waals surface area contributed by atoms with Crippen LogP contribution in [-0.4, -0.2) is 56.4 Å². The monoisotopic (exact) mass is 379 g/mol. The summed E-state index contributed by atoms with van der Waals surface area (Å²) >= 11 is 0. The standard InChI is InChI=1S/C19H25NO7/c1-19(2)26-14-12(17(21)24-4)13(15(23-3)16(14)27-19)20-18(22)25-10-11-8-6-5-7-9-11/h5-9,12-16H,10H2,1-4H3,(H,20,22)/t12-,13-,14+,15+,16+/m0/s1. The fourth-order valence-corrected chi connectivity index (χ4v) is 3.73. The van der Waals surface area contributed by atoms with E-state index in [-0.39, 0.29) is 6.61 Å². The zero-order valence-corrected chi connectivity index (χ0v) is 15.8. The molecule has 1 aromatic rings. The maximum atomic E-state index is 12.4. The molecule has 1 aliphatic carbocycles. The van der Waals surface area contributed by atoms with E-state index in [1.165, 1.54) is 14.2 Å². The van der Waals surface area contributed by atoms with Gasteiger partial charge in [0.1, 0.15) is 30.8 Å². The molecule has 1 saturated heterocycles.